The maximum atomic E-state index is 8.66. The van der Waals surface area contributed by atoms with Crippen LogP contribution in [0.4, 0.5) is 27.1 Å². The molecule has 0 saturated heterocycles. The number of rotatable bonds is 19. The van der Waals surface area contributed by atoms with Crippen LogP contribution in [0.5, 0.6) is 0 Å². The van der Waals surface area contributed by atoms with Gasteiger partial charge in [-0.15, -0.1) is 10.2 Å². The smallest absolute Gasteiger partial charge is 0.164 e. The fourth-order valence-corrected chi connectivity index (χ4v) is 4.57. The molecule has 2 aromatic carbocycles. The van der Waals surface area contributed by atoms with Crippen LogP contribution in [0, 0.1) is 13.8 Å². The molecule has 0 bridgehead atoms. The van der Waals surface area contributed by atoms with Crippen LogP contribution in [-0.4, -0.2) is 71.1 Å². The number of hydrogen-bond donors (Lipinski definition) is 3. The molecule has 1 heterocycles. The standard InChI is InChI=1S/C29H41N5O5S/c1-22-20-25(8-9-26(22)32-33-29-27(30)23(2)28(31)40-29)34(21-24-6-4-3-5-7-24)10-12-36-14-16-38-18-19-39-17-15-37-13-11-35/h3-9,20,35H,10-19,21,30-31H2,1-2H3. The summed E-state index contributed by atoms with van der Waals surface area (Å²) >= 11 is 1.34. The van der Waals surface area contributed by atoms with Crippen molar-refractivity contribution < 1.29 is 24.1 Å². The Morgan fingerprint density at radius 2 is 1.43 bits per heavy atom. The normalized spacial score (nSPS) is 11.5. The quantitative estimate of drug-likeness (QED) is 0.135. The van der Waals surface area contributed by atoms with Gasteiger partial charge < -0.3 is 40.4 Å². The zero-order chi connectivity index (χ0) is 28.6. The minimum atomic E-state index is 0.0226. The van der Waals surface area contributed by atoms with E-state index in [-0.39, 0.29) is 6.61 Å². The Kier molecular flexibility index (Phi) is 13.8. The number of aliphatic hydroxyl groups excluding tert-OH is 1. The number of ether oxygens (including phenoxy) is 4. The van der Waals surface area contributed by atoms with Gasteiger partial charge in [0.25, 0.3) is 0 Å². The number of anilines is 3. The summed E-state index contributed by atoms with van der Waals surface area (Å²) in [5, 5.41) is 18.7. The molecule has 0 spiro atoms. The van der Waals surface area contributed by atoms with Crippen LogP contribution in [0.1, 0.15) is 16.7 Å². The summed E-state index contributed by atoms with van der Waals surface area (Å²) in [6.45, 7) is 9.25. The molecule has 0 atom stereocenters. The Labute approximate surface area is 240 Å². The van der Waals surface area contributed by atoms with E-state index in [0.29, 0.717) is 68.5 Å². The molecule has 40 heavy (non-hydrogen) atoms. The Balaban J connectivity index is 1.49. The van der Waals surface area contributed by atoms with Gasteiger partial charge >= 0.3 is 0 Å². The number of nitrogens with zero attached hydrogens (tertiary/aromatic N) is 3. The number of benzene rings is 2. The Morgan fingerprint density at radius 3 is 2.00 bits per heavy atom. The van der Waals surface area contributed by atoms with Gasteiger partial charge in [0.1, 0.15) is 0 Å². The summed E-state index contributed by atoms with van der Waals surface area (Å²) in [6.07, 6.45) is 0. The molecule has 0 aliphatic heterocycles. The van der Waals surface area contributed by atoms with Crippen LogP contribution < -0.4 is 16.4 Å². The first kappa shape index (κ1) is 31.5. The fourth-order valence-electron chi connectivity index (χ4n) is 3.76. The zero-order valence-corrected chi connectivity index (χ0v) is 24.2. The lowest BCUT2D eigenvalue weighted by atomic mass is 10.1. The van der Waals surface area contributed by atoms with E-state index in [1.807, 2.05) is 38.1 Å². The highest BCUT2D eigenvalue weighted by Gasteiger charge is 2.12. The summed E-state index contributed by atoms with van der Waals surface area (Å²) in [7, 11) is 0. The van der Waals surface area contributed by atoms with Gasteiger partial charge in [0.05, 0.1) is 75.8 Å². The second-order valence-corrected chi connectivity index (χ2v) is 10.1. The molecule has 1 aromatic heterocycles. The van der Waals surface area contributed by atoms with Crippen molar-refractivity contribution in [2.75, 3.05) is 82.4 Å². The van der Waals surface area contributed by atoms with Gasteiger partial charge in [-0.3, -0.25) is 0 Å². The van der Waals surface area contributed by atoms with Crippen LogP contribution in [0.15, 0.2) is 58.8 Å². The van der Waals surface area contributed by atoms with Crippen molar-refractivity contribution in [3.63, 3.8) is 0 Å². The summed E-state index contributed by atoms with van der Waals surface area (Å²) in [6, 6.07) is 16.5. The van der Waals surface area contributed by atoms with E-state index in [0.717, 1.165) is 35.6 Å². The average molecular weight is 572 g/mol. The summed E-state index contributed by atoms with van der Waals surface area (Å²) < 4.78 is 22.0. The highest BCUT2D eigenvalue weighted by atomic mass is 32.1. The molecule has 0 aliphatic rings. The minimum absolute atomic E-state index is 0.0226. The van der Waals surface area contributed by atoms with E-state index in [1.54, 1.807) is 0 Å². The molecule has 0 aliphatic carbocycles. The lowest BCUT2D eigenvalue weighted by Crippen LogP contribution is -2.27. The monoisotopic (exact) mass is 571 g/mol. The van der Waals surface area contributed by atoms with E-state index in [1.165, 1.54) is 16.9 Å². The van der Waals surface area contributed by atoms with Gasteiger partial charge in [-0.05, 0) is 43.2 Å². The maximum absolute atomic E-state index is 8.66. The van der Waals surface area contributed by atoms with E-state index in [4.69, 9.17) is 35.5 Å². The fraction of sp³-hybridized carbons (Fsp3) is 0.448. The topological polar surface area (TPSA) is 137 Å². The molecule has 0 unspecified atom stereocenters. The average Bonchev–Trinajstić information content (AvgIpc) is 3.21. The molecule has 0 amide bonds. The second kappa shape index (κ2) is 17.6. The van der Waals surface area contributed by atoms with Gasteiger partial charge in [-0.25, -0.2) is 0 Å². The molecular formula is C29H41N5O5S. The molecule has 11 heteroatoms. The van der Waals surface area contributed by atoms with Gasteiger partial charge in [0, 0.05) is 24.3 Å². The highest BCUT2D eigenvalue weighted by Crippen LogP contribution is 2.40. The van der Waals surface area contributed by atoms with E-state index in [2.05, 4.69) is 39.4 Å². The molecule has 3 aromatic rings. The van der Waals surface area contributed by atoms with E-state index >= 15 is 0 Å². The molecule has 218 valence electrons. The first-order valence-electron chi connectivity index (χ1n) is 13.4. The summed E-state index contributed by atoms with van der Waals surface area (Å²) in [5.74, 6) is 0. The number of azo groups is 1. The van der Waals surface area contributed by atoms with Crippen molar-refractivity contribution in [1.29, 1.82) is 0 Å². The third kappa shape index (κ3) is 10.5. The third-order valence-electron chi connectivity index (χ3n) is 6.08. The van der Waals surface area contributed by atoms with Gasteiger partial charge in [0.2, 0.25) is 0 Å². The van der Waals surface area contributed by atoms with Gasteiger partial charge in [-0.1, -0.05) is 41.7 Å². The zero-order valence-electron chi connectivity index (χ0n) is 23.4. The maximum Gasteiger partial charge on any atom is 0.164 e. The molecule has 10 nitrogen and oxygen atoms in total. The van der Waals surface area contributed by atoms with Crippen molar-refractivity contribution in [1.82, 2.24) is 0 Å². The van der Waals surface area contributed by atoms with Crippen LogP contribution in [0.2, 0.25) is 0 Å². The molecule has 0 radical (unpaired) electrons. The minimum Gasteiger partial charge on any atom is -0.396 e. The molecule has 5 N–H and O–H groups in total. The SMILES string of the molecule is Cc1cc(N(CCOCCOCCOCCOCCO)Cc2ccccc2)ccc1N=Nc1sc(N)c(C)c1N. The Morgan fingerprint density at radius 1 is 0.800 bits per heavy atom. The highest BCUT2D eigenvalue weighted by molar-refractivity contribution is 7.20. The van der Waals surface area contributed by atoms with E-state index in [9.17, 15) is 0 Å². The number of aliphatic hydroxyl groups is 1. The Hall–Kier alpha value is -3.06. The summed E-state index contributed by atoms with van der Waals surface area (Å²) in [5.41, 5.74) is 17.6. The van der Waals surface area contributed by atoms with Crippen molar-refractivity contribution in [3.8, 4) is 0 Å². The third-order valence-corrected chi connectivity index (χ3v) is 7.10. The second-order valence-electron chi connectivity index (χ2n) is 9.06. The van der Waals surface area contributed by atoms with Crippen LogP contribution >= 0.6 is 11.3 Å². The number of thiophene rings is 1. The van der Waals surface area contributed by atoms with Crippen LogP contribution in [-0.2, 0) is 25.5 Å². The first-order valence-corrected chi connectivity index (χ1v) is 14.2. The Bertz CT molecular complexity index is 1180. The molecule has 0 fully saturated rings. The van der Waals surface area contributed by atoms with Crippen LogP contribution in [0.3, 0.4) is 0 Å². The van der Waals surface area contributed by atoms with Crippen molar-refractivity contribution in [3.05, 3.63) is 65.2 Å². The van der Waals surface area contributed by atoms with Gasteiger partial charge in [0.15, 0.2) is 5.00 Å². The van der Waals surface area contributed by atoms with Crippen molar-refractivity contribution >= 4 is 38.4 Å². The van der Waals surface area contributed by atoms with E-state index < -0.39 is 0 Å². The lowest BCUT2D eigenvalue weighted by Gasteiger charge is -2.25. The molecular weight excluding hydrogens is 530 g/mol. The predicted molar refractivity (Wildman–Crippen MR) is 161 cm³/mol. The summed E-state index contributed by atoms with van der Waals surface area (Å²) in [4.78, 5) is 2.29. The van der Waals surface area contributed by atoms with Crippen molar-refractivity contribution in [2.24, 2.45) is 10.2 Å². The number of aryl methyl sites for hydroxylation is 1. The van der Waals surface area contributed by atoms with Gasteiger partial charge in [-0.2, -0.15) is 0 Å². The first-order chi connectivity index (χ1) is 19.5. The largest absolute Gasteiger partial charge is 0.396 e. The lowest BCUT2D eigenvalue weighted by molar-refractivity contribution is -0.00490. The predicted octanol–water partition coefficient (Wildman–Crippen LogP) is 5.01. The number of nitrogen functional groups attached to an aromatic ring is 2. The number of hydrogen-bond acceptors (Lipinski definition) is 11. The van der Waals surface area contributed by atoms with Crippen LogP contribution in [0.25, 0.3) is 0 Å². The molecule has 3 rings (SSSR count). The van der Waals surface area contributed by atoms with Crippen molar-refractivity contribution in [2.45, 2.75) is 20.4 Å². The molecule has 0 saturated carbocycles. The number of nitrogens with two attached hydrogens (primary N) is 2.